The van der Waals surface area contributed by atoms with E-state index in [-0.39, 0.29) is 6.42 Å². The van der Waals surface area contributed by atoms with E-state index >= 15 is 0 Å². The predicted octanol–water partition coefficient (Wildman–Crippen LogP) is 0.247. The molecule has 0 aliphatic rings. The molecule has 0 fully saturated rings. The number of rotatable bonds is 4. The van der Waals surface area contributed by atoms with Gasteiger partial charge in [-0.1, -0.05) is 0 Å². The maximum Gasteiger partial charge on any atom is 0.306 e. The number of carbonyl (C=O) groups is 1. The molecule has 0 radical (unpaired) electrons. The number of hydrogen-bond acceptors (Lipinski definition) is 3. The third-order valence-electron chi connectivity index (χ3n) is 1.74. The standard InChI is InChI=1S/C7H14O4/c1-5(11-3)7(2,10)4-6(8)9/h5,10H,4H2,1-3H3,(H,8,9). The van der Waals surface area contributed by atoms with Crippen molar-refractivity contribution in [3.05, 3.63) is 0 Å². The largest absolute Gasteiger partial charge is 0.481 e. The number of carboxylic acids is 1. The van der Waals surface area contributed by atoms with E-state index in [1.807, 2.05) is 0 Å². The minimum atomic E-state index is -1.29. The molecule has 0 saturated heterocycles. The zero-order valence-electron chi connectivity index (χ0n) is 7.00. The molecule has 0 spiro atoms. The highest BCUT2D eigenvalue weighted by Crippen LogP contribution is 2.16. The van der Waals surface area contributed by atoms with E-state index < -0.39 is 17.7 Å². The maximum absolute atomic E-state index is 10.2. The quantitative estimate of drug-likeness (QED) is 0.621. The highest BCUT2D eigenvalue weighted by atomic mass is 16.5. The van der Waals surface area contributed by atoms with Crippen LogP contribution in [0, 0.1) is 0 Å². The summed E-state index contributed by atoms with van der Waals surface area (Å²) in [5.74, 6) is -1.03. The lowest BCUT2D eigenvalue weighted by Gasteiger charge is -2.27. The molecule has 0 rings (SSSR count). The van der Waals surface area contributed by atoms with Gasteiger partial charge in [0.05, 0.1) is 18.1 Å². The van der Waals surface area contributed by atoms with Crippen molar-refractivity contribution in [3.8, 4) is 0 Å². The summed E-state index contributed by atoms with van der Waals surface area (Å²) < 4.78 is 4.80. The number of carboxylic acid groups (broad SMARTS) is 1. The number of methoxy groups -OCH3 is 1. The Kier molecular flexibility index (Phi) is 3.48. The van der Waals surface area contributed by atoms with Gasteiger partial charge in [0, 0.05) is 7.11 Å². The number of hydrogen-bond donors (Lipinski definition) is 2. The van der Waals surface area contributed by atoms with Gasteiger partial charge in [-0.25, -0.2) is 0 Å². The predicted molar refractivity (Wildman–Crippen MR) is 39.3 cm³/mol. The second-order valence-electron chi connectivity index (χ2n) is 2.81. The minimum absolute atomic E-state index is 0.304. The SMILES string of the molecule is COC(C)C(C)(O)CC(=O)O. The van der Waals surface area contributed by atoms with Crippen LogP contribution in [0.2, 0.25) is 0 Å². The molecule has 2 atom stereocenters. The van der Waals surface area contributed by atoms with Gasteiger partial charge in [0.2, 0.25) is 0 Å². The summed E-state index contributed by atoms with van der Waals surface area (Å²) in [6.07, 6.45) is -0.777. The van der Waals surface area contributed by atoms with Crippen LogP contribution in [-0.2, 0) is 9.53 Å². The third kappa shape index (κ3) is 3.34. The van der Waals surface area contributed by atoms with Crippen molar-refractivity contribution < 1.29 is 19.7 Å². The Morgan fingerprint density at radius 3 is 2.45 bits per heavy atom. The lowest BCUT2D eigenvalue weighted by Crippen LogP contribution is -2.40. The summed E-state index contributed by atoms with van der Waals surface area (Å²) in [6.45, 7) is 3.07. The molecular formula is C7H14O4. The molecule has 0 heterocycles. The smallest absolute Gasteiger partial charge is 0.306 e. The molecule has 0 aromatic rings. The van der Waals surface area contributed by atoms with Crippen LogP contribution in [0.25, 0.3) is 0 Å². The maximum atomic E-state index is 10.2. The first kappa shape index (κ1) is 10.4. The van der Waals surface area contributed by atoms with E-state index in [1.54, 1.807) is 6.92 Å². The molecule has 0 amide bonds. The molecule has 4 heteroatoms. The molecule has 0 aliphatic carbocycles. The number of aliphatic carboxylic acids is 1. The molecule has 0 bridgehead atoms. The van der Waals surface area contributed by atoms with E-state index in [0.717, 1.165) is 0 Å². The van der Waals surface area contributed by atoms with Gasteiger partial charge in [-0.2, -0.15) is 0 Å². The molecular weight excluding hydrogens is 148 g/mol. The Morgan fingerprint density at radius 2 is 2.18 bits per heavy atom. The van der Waals surface area contributed by atoms with E-state index in [4.69, 9.17) is 9.84 Å². The van der Waals surface area contributed by atoms with Crippen molar-refractivity contribution in [1.29, 1.82) is 0 Å². The summed E-state index contributed by atoms with van der Waals surface area (Å²) in [5.41, 5.74) is -1.29. The fraction of sp³-hybridized carbons (Fsp3) is 0.857. The number of aliphatic hydroxyl groups is 1. The zero-order valence-corrected chi connectivity index (χ0v) is 7.00. The topological polar surface area (TPSA) is 66.8 Å². The van der Waals surface area contributed by atoms with Crippen molar-refractivity contribution in [3.63, 3.8) is 0 Å². The third-order valence-corrected chi connectivity index (χ3v) is 1.74. The normalized spacial score (nSPS) is 18.9. The Balaban J connectivity index is 4.08. The van der Waals surface area contributed by atoms with Gasteiger partial charge < -0.3 is 14.9 Å². The zero-order chi connectivity index (χ0) is 9.07. The summed E-state index contributed by atoms with van der Waals surface area (Å²) in [4.78, 5) is 10.2. The molecule has 0 aromatic carbocycles. The van der Waals surface area contributed by atoms with Crippen molar-refractivity contribution in [2.24, 2.45) is 0 Å². The molecule has 0 aliphatic heterocycles. The van der Waals surface area contributed by atoms with Crippen LogP contribution in [0.3, 0.4) is 0 Å². The first-order chi connectivity index (χ1) is 4.90. The highest BCUT2D eigenvalue weighted by Gasteiger charge is 2.30. The van der Waals surface area contributed by atoms with Crippen LogP contribution >= 0.6 is 0 Å². The van der Waals surface area contributed by atoms with E-state index in [1.165, 1.54) is 14.0 Å². The monoisotopic (exact) mass is 162 g/mol. The second-order valence-corrected chi connectivity index (χ2v) is 2.81. The average Bonchev–Trinajstić information content (AvgIpc) is 1.83. The van der Waals surface area contributed by atoms with Crippen LogP contribution in [0.15, 0.2) is 0 Å². The fourth-order valence-electron chi connectivity index (χ4n) is 0.704. The van der Waals surface area contributed by atoms with Gasteiger partial charge in [-0.3, -0.25) is 4.79 Å². The lowest BCUT2D eigenvalue weighted by atomic mass is 9.96. The van der Waals surface area contributed by atoms with Crippen LogP contribution < -0.4 is 0 Å². The van der Waals surface area contributed by atoms with Crippen LogP contribution in [-0.4, -0.2) is 35.0 Å². The van der Waals surface area contributed by atoms with Crippen molar-refractivity contribution in [1.82, 2.24) is 0 Å². The highest BCUT2D eigenvalue weighted by molar-refractivity contribution is 5.68. The van der Waals surface area contributed by atoms with Gasteiger partial charge in [0.25, 0.3) is 0 Å². The molecule has 0 saturated carbocycles. The second kappa shape index (κ2) is 3.69. The summed E-state index contributed by atoms with van der Waals surface area (Å²) in [7, 11) is 1.43. The first-order valence-corrected chi connectivity index (χ1v) is 3.37. The van der Waals surface area contributed by atoms with E-state index in [9.17, 15) is 9.90 Å². The molecule has 2 unspecified atom stereocenters. The van der Waals surface area contributed by atoms with Gasteiger partial charge in [-0.15, -0.1) is 0 Å². The Hall–Kier alpha value is -0.610. The summed E-state index contributed by atoms with van der Waals surface area (Å²) in [5, 5.41) is 17.8. The summed E-state index contributed by atoms with van der Waals surface area (Å²) in [6, 6.07) is 0. The van der Waals surface area contributed by atoms with E-state index in [0.29, 0.717) is 0 Å². The summed E-state index contributed by atoms with van der Waals surface area (Å²) >= 11 is 0. The molecule has 66 valence electrons. The fourth-order valence-corrected chi connectivity index (χ4v) is 0.704. The lowest BCUT2D eigenvalue weighted by molar-refractivity contribution is -0.148. The van der Waals surface area contributed by atoms with Crippen LogP contribution in [0.4, 0.5) is 0 Å². The van der Waals surface area contributed by atoms with Gasteiger partial charge >= 0.3 is 5.97 Å². The first-order valence-electron chi connectivity index (χ1n) is 3.37. The van der Waals surface area contributed by atoms with Crippen molar-refractivity contribution in [2.45, 2.75) is 32.0 Å². The Labute approximate surface area is 65.8 Å². The van der Waals surface area contributed by atoms with Gasteiger partial charge in [0.15, 0.2) is 0 Å². The van der Waals surface area contributed by atoms with Crippen LogP contribution in [0.1, 0.15) is 20.3 Å². The van der Waals surface area contributed by atoms with Gasteiger partial charge in [-0.05, 0) is 13.8 Å². The molecule has 4 nitrogen and oxygen atoms in total. The molecule has 0 aromatic heterocycles. The van der Waals surface area contributed by atoms with Crippen molar-refractivity contribution >= 4 is 5.97 Å². The van der Waals surface area contributed by atoms with E-state index in [2.05, 4.69) is 0 Å². The average molecular weight is 162 g/mol. The Morgan fingerprint density at radius 1 is 1.73 bits per heavy atom. The van der Waals surface area contributed by atoms with Gasteiger partial charge in [0.1, 0.15) is 0 Å². The van der Waals surface area contributed by atoms with Crippen molar-refractivity contribution in [2.75, 3.05) is 7.11 Å². The van der Waals surface area contributed by atoms with Crippen LogP contribution in [0.5, 0.6) is 0 Å². The number of ether oxygens (including phenoxy) is 1. The Bertz CT molecular complexity index is 141. The minimum Gasteiger partial charge on any atom is -0.481 e. The molecule has 11 heavy (non-hydrogen) atoms. The molecule has 2 N–H and O–H groups in total.